The van der Waals surface area contributed by atoms with Crippen LogP contribution in [0.3, 0.4) is 0 Å². The van der Waals surface area contributed by atoms with Crippen molar-refractivity contribution in [1.82, 2.24) is 0 Å². The van der Waals surface area contributed by atoms with Gasteiger partial charge in [0.15, 0.2) is 11.9 Å². The summed E-state index contributed by atoms with van der Waals surface area (Å²) in [5, 5.41) is 2.26. The first-order valence-electron chi connectivity index (χ1n) is 8.63. The van der Waals surface area contributed by atoms with E-state index in [1.807, 2.05) is 18.2 Å². The van der Waals surface area contributed by atoms with Crippen LogP contribution in [0, 0.1) is 13.5 Å². The number of aryl methyl sites for hydroxylation is 2. The third kappa shape index (κ3) is 2.74. The molecule has 0 saturated carbocycles. The number of rotatable bonds is 2. The average Bonchev–Trinajstić information content (AvgIpc) is 2.69. The van der Waals surface area contributed by atoms with Gasteiger partial charge in [-0.05, 0) is 41.1 Å². The van der Waals surface area contributed by atoms with E-state index in [-0.39, 0.29) is 0 Å². The van der Waals surface area contributed by atoms with Crippen LogP contribution in [0.25, 0.3) is 38.0 Å². The van der Waals surface area contributed by atoms with Crippen molar-refractivity contribution >= 4 is 16.5 Å². The Morgan fingerprint density at radius 2 is 1.65 bits per heavy atom. The van der Waals surface area contributed by atoms with Crippen LogP contribution in [0.2, 0.25) is 0 Å². The van der Waals surface area contributed by atoms with Crippen molar-refractivity contribution in [2.75, 3.05) is 0 Å². The molecule has 1 heterocycles. The summed E-state index contributed by atoms with van der Waals surface area (Å²) in [5.41, 5.74) is 6.73. The minimum absolute atomic E-state index is 0.673. The fourth-order valence-electron chi connectivity index (χ4n) is 3.45. The summed E-state index contributed by atoms with van der Waals surface area (Å²) in [5.74, 6) is 0. The zero-order valence-corrected chi connectivity index (χ0v) is 14.9. The van der Waals surface area contributed by atoms with Gasteiger partial charge in [0.1, 0.15) is 7.05 Å². The molecule has 0 atom stereocenters. The molecule has 0 unspecified atom stereocenters. The molecule has 0 amide bonds. The van der Waals surface area contributed by atoms with Gasteiger partial charge in [-0.1, -0.05) is 54.6 Å². The molecule has 124 valence electrons. The predicted octanol–water partition coefficient (Wildman–Crippen LogP) is 5.86. The molecule has 0 aliphatic rings. The first kappa shape index (κ1) is 16.1. The molecule has 0 fully saturated rings. The van der Waals surface area contributed by atoms with Crippen molar-refractivity contribution in [2.24, 2.45) is 7.05 Å². The summed E-state index contributed by atoms with van der Waals surface area (Å²) >= 11 is 0. The Balaban J connectivity index is 1.98. The van der Waals surface area contributed by atoms with Gasteiger partial charge in [-0.25, -0.2) is 9.41 Å². The maximum absolute atomic E-state index is 7.26. The zero-order chi connectivity index (χ0) is 18.1. The molecule has 0 bridgehead atoms. The van der Waals surface area contributed by atoms with E-state index in [0.717, 1.165) is 10.8 Å². The quantitative estimate of drug-likeness (QED) is 0.320. The molecule has 1 aromatic heterocycles. The number of fused-ring (bicyclic) bond motifs is 1. The summed E-state index contributed by atoms with van der Waals surface area (Å²) in [6.45, 7) is 9.41. The van der Waals surface area contributed by atoms with Gasteiger partial charge in [-0.2, -0.15) is 0 Å². The first-order chi connectivity index (χ1) is 12.7. The number of benzene rings is 3. The van der Waals surface area contributed by atoms with Gasteiger partial charge >= 0.3 is 0 Å². The monoisotopic (exact) mass is 335 g/mol. The van der Waals surface area contributed by atoms with Crippen molar-refractivity contribution in [3.8, 4) is 22.4 Å². The van der Waals surface area contributed by atoms with Crippen molar-refractivity contribution in [3.05, 3.63) is 96.0 Å². The third-order valence-corrected chi connectivity index (χ3v) is 4.85. The SMILES string of the molecule is [C-]#[N+]c1ccc2c(-c3cc(-c4ccccc4)ccc3C)[n+](C)ccc2c1. The van der Waals surface area contributed by atoms with Crippen LogP contribution < -0.4 is 4.57 Å². The number of aromatic nitrogens is 1. The Kier molecular flexibility index (Phi) is 3.99. The average molecular weight is 335 g/mol. The molecule has 2 heteroatoms. The van der Waals surface area contributed by atoms with Gasteiger partial charge in [-0.15, -0.1) is 0 Å². The van der Waals surface area contributed by atoms with Gasteiger partial charge in [-0.3, -0.25) is 0 Å². The largest absolute Gasteiger partial charge is 0.238 e. The van der Waals surface area contributed by atoms with Crippen LogP contribution in [0.1, 0.15) is 5.56 Å². The summed E-state index contributed by atoms with van der Waals surface area (Å²) in [4.78, 5) is 3.56. The highest BCUT2D eigenvalue weighted by Crippen LogP contribution is 2.33. The standard InChI is InChI=1S/C24H19N2/c1-17-9-10-19(18-7-5-4-6-8-18)16-23(17)24-22-12-11-21(25-2)15-20(22)13-14-26(24)3/h4-16H,1,3H3/q+1. The molecule has 4 rings (SSSR count). The van der Waals surface area contributed by atoms with Gasteiger partial charge in [0, 0.05) is 6.07 Å². The fourth-order valence-corrected chi connectivity index (χ4v) is 3.45. The third-order valence-electron chi connectivity index (χ3n) is 4.85. The molecular formula is C24H19N2+. The van der Waals surface area contributed by atoms with E-state index < -0.39 is 0 Å². The summed E-state index contributed by atoms with van der Waals surface area (Å²) in [6.07, 6.45) is 2.07. The fraction of sp³-hybridized carbons (Fsp3) is 0.0833. The minimum atomic E-state index is 0.673. The molecule has 0 aliphatic heterocycles. The van der Waals surface area contributed by atoms with Gasteiger partial charge in [0.05, 0.1) is 17.5 Å². The van der Waals surface area contributed by atoms with E-state index in [1.165, 1.54) is 27.9 Å². The van der Waals surface area contributed by atoms with E-state index in [4.69, 9.17) is 6.57 Å². The van der Waals surface area contributed by atoms with Crippen LogP contribution in [0.5, 0.6) is 0 Å². The summed E-state index contributed by atoms with van der Waals surface area (Å²) < 4.78 is 2.16. The Labute approximate surface area is 153 Å². The Morgan fingerprint density at radius 3 is 2.42 bits per heavy atom. The van der Waals surface area contributed by atoms with Crippen molar-refractivity contribution < 1.29 is 4.57 Å². The molecule has 0 saturated heterocycles. The van der Waals surface area contributed by atoms with Crippen LogP contribution in [0.4, 0.5) is 5.69 Å². The highest BCUT2D eigenvalue weighted by Gasteiger charge is 2.18. The highest BCUT2D eigenvalue weighted by molar-refractivity contribution is 5.96. The molecule has 0 spiro atoms. The van der Waals surface area contributed by atoms with E-state index in [2.05, 4.69) is 84.2 Å². The first-order valence-corrected chi connectivity index (χ1v) is 8.63. The smallest absolute Gasteiger partial charge is 0.220 e. The van der Waals surface area contributed by atoms with E-state index >= 15 is 0 Å². The van der Waals surface area contributed by atoms with Gasteiger partial charge < -0.3 is 0 Å². The van der Waals surface area contributed by atoms with Crippen molar-refractivity contribution in [3.63, 3.8) is 0 Å². The minimum Gasteiger partial charge on any atom is -0.238 e. The maximum atomic E-state index is 7.26. The topological polar surface area (TPSA) is 8.24 Å². The Hall–Kier alpha value is -3.44. The number of nitrogens with zero attached hydrogens (tertiary/aromatic N) is 2. The van der Waals surface area contributed by atoms with Crippen molar-refractivity contribution in [2.45, 2.75) is 6.92 Å². The normalized spacial score (nSPS) is 10.7. The summed E-state index contributed by atoms with van der Waals surface area (Å²) in [7, 11) is 2.08. The second-order valence-electron chi connectivity index (χ2n) is 6.55. The lowest BCUT2D eigenvalue weighted by atomic mass is 9.95. The number of hydrogen-bond donors (Lipinski definition) is 0. The van der Waals surface area contributed by atoms with Crippen molar-refractivity contribution in [1.29, 1.82) is 0 Å². The lowest BCUT2D eigenvalue weighted by Crippen LogP contribution is -2.30. The van der Waals surface area contributed by atoms with Crippen LogP contribution in [-0.2, 0) is 7.05 Å². The highest BCUT2D eigenvalue weighted by atomic mass is 14.9. The molecule has 4 aromatic rings. The van der Waals surface area contributed by atoms with E-state index in [1.54, 1.807) is 0 Å². The molecule has 0 radical (unpaired) electrons. The molecule has 0 aliphatic carbocycles. The lowest BCUT2D eigenvalue weighted by Gasteiger charge is -2.10. The lowest BCUT2D eigenvalue weighted by molar-refractivity contribution is -0.659. The molecule has 3 aromatic carbocycles. The number of hydrogen-bond acceptors (Lipinski definition) is 0. The second-order valence-corrected chi connectivity index (χ2v) is 6.55. The maximum Gasteiger partial charge on any atom is 0.220 e. The second kappa shape index (κ2) is 6.46. The van der Waals surface area contributed by atoms with Gasteiger partial charge in [0.2, 0.25) is 5.69 Å². The van der Waals surface area contributed by atoms with Gasteiger partial charge in [0.25, 0.3) is 0 Å². The van der Waals surface area contributed by atoms with Crippen LogP contribution in [-0.4, -0.2) is 0 Å². The summed E-state index contributed by atoms with van der Waals surface area (Å²) in [6, 6.07) is 25.1. The molecule has 0 N–H and O–H groups in total. The Bertz CT molecular complexity index is 1150. The molecule has 26 heavy (non-hydrogen) atoms. The molecule has 2 nitrogen and oxygen atoms in total. The predicted molar refractivity (Wildman–Crippen MR) is 107 cm³/mol. The Morgan fingerprint density at radius 1 is 0.846 bits per heavy atom. The van der Waals surface area contributed by atoms with Crippen LogP contribution >= 0.6 is 0 Å². The number of pyridine rings is 1. The van der Waals surface area contributed by atoms with Crippen LogP contribution in [0.15, 0.2) is 79.0 Å². The zero-order valence-electron chi connectivity index (χ0n) is 14.9. The van der Waals surface area contributed by atoms with E-state index in [0.29, 0.717) is 5.69 Å². The van der Waals surface area contributed by atoms with E-state index in [9.17, 15) is 0 Å². The molecular weight excluding hydrogens is 316 g/mol.